The third-order valence-corrected chi connectivity index (χ3v) is 2.29. The molecule has 2 aromatic rings. The summed E-state index contributed by atoms with van der Waals surface area (Å²) in [5, 5.41) is 10.6. The highest BCUT2D eigenvalue weighted by molar-refractivity contribution is 5.87. The summed E-state index contributed by atoms with van der Waals surface area (Å²) in [6.45, 7) is 1.50. The fraction of sp³-hybridized carbons (Fsp3) is 0.167. The number of hydrogen-bond donors (Lipinski definition) is 1. The van der Waals surface area contributed by atoms with Crippen LogP contribution in [0.5, 0.6) is 5.75 Å². The molecule has 1 atom stereocenters. The zero-order chi connectivity index (χ0) is 11.5. The molecule has 0 aliphatic carbocycles. The van der Waals surface area contributed by atoms with Crippen LogP contribution in [-0.2, 0) is 4.79 Å². The maximum atomic E-state index is 10.7. The van der Waals surface area contributed by atoms with E-state index in [-0.39, 0.29) is 0 Å². The lowest BCUT2D eigenvalue weighted by Crippen LogP contribution is -2.22. The number of carboxylic acids is 1. The average Bonchev–Trinajstić information content (AvgIpc) is 2.29. The van der Waals surface area contributed by atoms with Crippen LogP contribution in [0.4, 0.5) is 0 Å². The van der Waals surface area contributed by atoms with Gasteiger partial charge >= 0.3 is 5.97 Å². The average molecular weight is 217 g/mol. The minimum absolute atomic E-state index is 0.565. The van der Waals surface area contributed by atoms with Crippen molar-refractivity contribution in [3.8, 4) is 5.75 Å². The highest BCUT2D eigenvalue weighted by atomic mass is 16.5. The Balaban J connectivity index is 2.41. The topological polar surface area (TPSA) is 59.4 Å². The van der Waals surface area contributed by atoms with Crippen molar-refractivity contribution in [3.05, 3.63) is 36.7 Å². The van der Waals surface area contributed by atoms with Crippen molar-refractivity contribution in [2.45, 2.75) is 13.0 Å². The molecule has 0 spiro atoms. The Morgan fingerprint density at radius 2 is 2.25 bits per heavy atom. The van der Waals surface area contributed by atoms with Crippen molar-refractivity contribution in [1.29, 1.82) is 0 Å². The molecule has 1 aromatic heterocycles. The van der Waals surface area contributed by atoms with Crippen LogP contribution in [0, 0.1) is 0 Å². The largest absolute Gasteiger partial charge is 0.479 e. The molecule has 82 valence electrons. The molecule has 0 saturated carbocycles. The van der Waals surface area contributed by atoms with Crippen molar-refractivity contribution >= 4 is 16.7 Å². The summed E-state index contributed by atoms with van der Waals surface area (Å²) in [4.78, 5) is 14.7. The summed E-state index contributed by atoms with van der Waals surface area (Å²) in [7, 11) is 0. The van der Waals surface area contributed by atoms with E-state index >= 15 is 0 Å². The fourth-order valence-electron chi connectivity index (χ4n) is 1.44. The molecule has 1 N–H and O–H groups in total. The van der Waals surface area contributed by atoms with E-state index in [0.717, 1.165) is 10.8 Å². The molecule has 0 amide bonds. The van der Waals surface area contributed by atoms with Gasteiger partial charge in [-0.3, -0.25) is 4.98 Å². The van der Waals surface area contributed by atoms with E-state index in [2.05, 4.69) is 4.98 Å². The molecule has 16 heavy (non-hydrogen) atoms. The lowest BCUT2D eigenvalue weighted by Gasteiger charge is -2.12. The van der Waals surface area contributed by atoms with Gasteiger partial charge in [0.2, 0.25) is 0 Å². The Morgan fingerprint density at radius 3 is 3.00 bits per heavy atom. The van der Waals surface area contributed by atoms with Gasteiger partial charge in [0.05, 0.1) is 0 Å². The first-order chi connectivity index (χ1) is 7.68. The van der Waals surface area contributed by atoms with Crippen molar-refractivity contribution < 1.29 is 14.6 Å². The molecule has 0 aliphatic heterocycles. The quantitative estimate of drug-likeness (QED) is 0.855. The van der Waals surface area contributed by atoms with Crippen LogP contribution in [0.15, 0.2) is 36.7 Å². The first kappa shape index (κ1) is 10.4. The summed E-state index contributed by atoms with van der Waals surface area (Å²) in [5.74, 6) is -0.416. The zero-order valence-electron chi connectivity index (χ0n) is 8.75. The molecule has 0 saturated heterocycles. The summed E-state index contributed by atoms with van der Waals surface area (Å²) < 4.78 is 5.36. The van der Waals surface area contributed by atoms with Gasteiger partial charge in [-0.15, -0.1) is 0 Å². The van der Waals surface area contributed by atoms with E-state index in [1.54, 1.807) is 24.5 Å². The Hall–Kier alpha value is -2.10. The van der Waals surface area contributed by atoms with E-state index in [0.29, 0.717) is 5.75 Å². The van der Waals surface area contributed by atoms with Crippen LogP contribution >= 0.6 is 0 Å². The van der Waals surface area contributed by atoms with Gasteiger partial charge in [0, 0.05) is 23.2 Å². The molecular formula is C12H11NO3. The minimum Gasteiger partial charge on any atom is -0.479 e. The second-order valence-corrected chi connectivity index (χ2v) is 3.45. The van der Waals surface area contributed by atoms with Gasteiger partial charge in [-0.25, -0.2) is 4.79 Å². The monoisotopic (exact) mass is 217 g/mol. The van der Waals surface area contributed by atoms with Gasteiger partial charge in [-0.1, -0.05) is 12.1 Å². The van der Waals surface area contributed by atoms with Crippen molar-refractivity contribution in [1.82, 2.24) is 4.98 Å². The molecule has 4 heteroatoms. The third-order valence-electron chi connectivity index (χ3n) is 2.29. The second kappa shape index (κ2) is 4.18. The SMILES string of the molecule is C[C@H](Oc1cccc2cnccc12)C(=O)O. The van der Waals surface area contributed by atoms with Gasteiger partial charge in [0.1, 0.15) is 5.75 Å². The summed E-state index contributed by atoms with van der Waals surface area (Å²) >= 11 is 0. The number of carboxylic acid groups (broad SMARTS) is 1. The lowest BCUT2D eigenvalue weighted by atomic mass is 10.1. The summed E-state index contributed by atoms with van der Waals surface area (Å²) in [6.07, 6.45) is 2.51. The number of carbonyl (C=O) groups is 1. The van der Waals surface area contributed by atoms with Crippen molar-refractivity contribution in [2.24, 2.45) is 0 Å². The Kier molecular flexibility index (Phi) is 2.72. The van der Waals surface area contributed by atoms with E-state index in [4.69, 9.17) is 9.84 Å². The van der Waals surface area contributed by atoms with Crippen LogP contribution in [0.3, 0.4) is 0 Å². The number of pyridine rings is 1. The molecule has 1 heterocycles. The first-order valence-electron chi connectivity index (χ1n) is 4.90. The molecule has 2 rings (SSSR count). The number of benzene rings is 1. The van der Waals surface area contributed by atoms with Gasteiger partial charge < -0.3 is 9.84 Å². The smallest absolute Gasteiger partial charge is 0.344 e. The van der Waals surface area contributed by atoms with E-state index in [9.17, 15) is 4.79 Å². The molecule has 0 unspecified atom stereocenters. The molecular weight excluding hydrogens is 206 g/mol. The number of nitrogens with zero attached hydrogens (tertiary/aromatic N) is 1. The van der Waals surface area contributed by atoms with Gasteiger partial charge in [0.15, 0.2) is 6.10 Å². The highest BCUT2D eigenvalue weighted by Gasteiger charge is 2.13. The van der Waals surface area contributed by atoms with E-state index in [1.807, 2.05) is 12.1 Å². The lowest BCUT2D eigenvalue weighted by molar-refractivity contribution is -0.144. The van der Waals surface area contributed by atoms with Crippen molar-refractivity contribution in [2.75, 3.05) is 0 Å². The molecule has 0 radical (unpaired) electrons. The van der Waals surface area contributed by atoms with E-state index in [1.165, 1.54) is 6.92 Å². The second-order valence-electron chi connectivity index (χ2n) is 3.45. The first-order valence-corrected chi connectivity index (χ1v) is 4.90. The normalized spacial score (nSPS) is 12.3. The van der Waals surface area contributed by atoms with Crippen LogP contribution in [0.25, 0.3) is 10.8 Å². The van der Waals surface area contributed by atoms with E-state index < -0.39 is 12.1 Å². The van der Waals surface area contributed by atoms with Gasteiger partial charge in [-0.05, 0) is 19.1 Å². The maximum Gasteiger partial charge on any atom is 0.344 e. The minimum atomic E-state index is -0.981. The van der Waals surface area contributed by atoms with Gasteiger partial charge in [0.25, 0.3) is 0 Å². The molecule has 4 nitrogen and oxygen atoms in total. The van der Waals surface area contributed by atoms with Crippen LogP contribution in [0.2, 0.25) is 0 Å². The standard InChI is InChI=1S/C12H11NO3/c1-8(12(14)15)16-11-4-2-3-9-7-13-6-5-10(9)11/h2-8H,1H3,(H,14,15)/t8-/m0/s1. The number of aromatic nitrogens is 1. The Labute approximate surface area is 92.5 Å². The summed E-state index contributed by atoms with van der Waals surface area (Å²) in [6, 6.07) is 7.27. The van der Waals surface area contributed by atoms with Crippen LogP contribution in [-0.4, -0.2) is 22.2 Å². The van der Waals surface area contributed by atoms with Crippen molar-refractivity contribution in [3.63, 3.8) is 0 Å². The fourth-order valence-corrected chi connectivity index (χ4v) is 1.44. The predicted octanol–water partition coefficient (Wildman–Crippen LogP) is 2.09. The predicted molar refractivity (Wildman–Crippen MR) is 59.5 cm³/mol. The molecule has 0 bridgehead atoms. The van der Waals surface area contributed by atoms with Crippen LogP contribution in [0.1, 0.15) is 6.92 Å². The highest BCUT2D eigenvalue weighted by Crippen LogP contribution is 2.25. The Bertz CT molecular complexity index is 519. The number of aliphatic carboxylic acids is 1. The Morgan fingerprint density at radius 1 is 1.44 bits per heavy atom. The number of fused-ring (bicyclic) bond motifs is 1. The molecule has 0 aliphatic rings. The van der Waals surface area contributed by atoms with Crippen LogP contribution < -0.4 is 4.74 Å². The number of rotatable bonds is 3. The number of ether oxygens (including phenoxy) is 1. The summed E-state index contributed by atoms with van der Waals surface area (Å²) in [5.41, 5.74) is 0. The molecule has 1 aromatic carbocycles. The maximum absolute atomic E-state index is 10.7. The molecule has 0 fully saturated rings. The zero-order valence-corrected chi connectivity index (χ0v) is 8.75. The number of hydrogen-bond acceptors (Lipinski definition) is 3. The third kappa shape index (κ3) is 1.95. The van der Waals surface area contributed by atoms with Gasteiger partial charge in [-0.2, -0.15) is 0 Å².